The van der Waals surface area contributed by atoms with E-state index in [0.717, 1.165) is 24.6 Å². The van der Waals surface area contributed by atoms with Crippen molar-refractivity contribution in [3.8, 4) is 0 Å². The lowest BCUT2D eigenvalue weighted by molar-refractivity contribution is 0.425. The molecule has 0 atom stereocenters. The van der Waals surface area contributed by atoms with Gasteiger partial charge >= 0.3 is 0 Å². The summed E-state index contributed by atoms with van der Waals surface area (Å²) in [6, 6.07) is 8.32. The van der Waals surface area contributed by atoms with Crippen LogP contribution in [0.2, 0.25) is 0 Å². The zero-order valence-corrected chi connectivity index (χ0v) is 12.5. The first-order valence-electron chi connectivity index (χ1n) is 6.80. The summed E-state index contributed by atoms with van der Waals surface area (Å²) in [7, 11) is 4.02. The predicted octanol–water partition coefficient (Wildman–Crippen LogP) is 2.64. The van der Waals surface area contributed by atoms with Crippen molar-refractivity contribution in [2.45, 2.75) is 6.92 Å². The number of hydrogen-bond acceptors (Lipinski definition) is 5. The lowest BCUT2D eigenvalue weighted by Crippen LogP contribution is -2.21. The van der Waals surface area contributed by atoms with Gasteiger partial charge in [0.05, 0.1) is 5.69 Å². The molecule has 1 aromatic carbocycles. The zero-order valence-electron chi connectivity index (χ0n) is 12.5. The van der Waals surface area contributed by atoms with Crippen molar-refractivity contribution in [3.63, 3.8) is 0 Å². The van der Waals surface area contributed by atoms with Gasteiger partial charge in [0.2, 0.25) is 5.95 Å². The maximum atomic E-state index is 13.6. The van der Waals surface area contributed by atoms with Gasteiger partial charge in [0.15, 0.2) is 0 Å². The second-order valence-corrected chi connectivity index (χ2v) is 5.05. The van der Waals surface area contributed by atoms with Crippen LogP contribution in [0.15, 0.2) is 30.3 Å². The van der Waals surface area contributed by atoms with E-state index in [9.17, 15) is 4.39 Å². The van der Waals surface area contributed by atoms with Crippen LogP contribution < -0.4 is 10.6 Å². The van der Waals surface area contributed by atoms with Crippen LogP contribution in [0.25, 0.3) is 0 Å². The van der Waals surface area contributed by atoms with E-state index < -0.39 is 0 Å². The number of anilines is 3. The zero-order chi connectivity index (χ0) is 15.2. The van der Waals surface area contributed by atoms with Gasteiger partial charge in [0, 0.05) is 24.8 Å². The second-order valence-electron chi connectivity index (χ2n) is 5.05. The molecule has 1 aromatic heterocycles. The lowest BCUT2D eigenvalue weighted by Gasteiger charge is -2.12. The van der Waals surface area contributed by atoms with Crippen LogP contribution in [0.1, 0.15) is 5.69 Å². The minimum absolute atomic E-state index is 0.329. The van der Waals surface area contributed by atoms with Gasteiger partial charge in [-0.3, -0.25) is 0 Å². The van der Waals surface area contributed by atoms with Gasteiger partial charge in [-0.15, -0.1) is 0 Å². The van der Waals surface area contributed by atoms with Gasteiger partial charge in [-0.05, 0) is 33.2 Å². The molecule has 0 aliphatic heterocycles. The molecule has 0 aliphatic rings. The first-order chi connectivity index (χ1) is 10.0. The minimum atomic E-state index is -0.329. The Kier molecular flexibility index (Phi) is 5.05. The summed E-state index contributed by atoms with van der Waals surface area (Å²) in [5, 5.41) is 6.14. The van der Waals surface area contributed by atoms with E-state index in [1.807, 2.05) is 27.1 Å². The van der Waals surface area contributed by atoms with E-state index in [1.54, 1.807) is 18.2 Å². The average molecular weight is 289 g/mol. The highest BCUT2D eigenvalue weighted by atomic mass is 19.1. The Labute approximate surface area is 124 Å². The highest BCUT2D eigenvalue weighted by Gasteiger charge is 2.05. The standard InChI is InChI=1S/C15H20FN5/c1-11-10-14(17-8-9-21(2)3)20-15(18-11)19-13-7-5-4-6-12(13)16/h4-7,10H,8-9H2,1-3H3,(H2,17,18,19,20). The minimum Gasteiger partial charge on any atom is -0.369 e. The number of rotatable bonds is 6. The van der Waals surface area contributed by atoms with Crippen LogP contribution >= 0.6 is 0 Å². The number of hydrogen-bond donors (Lipinski definition) is 2. The fourth-order valence-electron chi connectivity index (χ4n) is 1.81. The molecule has 0 amide bonds. The Bertz CT molecular complexity index is 600. The molecule has 1 heterocycles. The maximum Gasteiger partial charge on any atom is 0.229 e. The van der Waals surface area contributed by atoms with Gasteiger partial charge < -0.3 is 15.5 Å². The van der Waals surface area contributed by atoms with E-state index in [1.165, 1.54) is 6.07 Å². The van der Waals surface area contributed by atoms with Gasteiger partial charge in [-0.2, -0.15) is 4.98 Å². The third kappa shape index (κ3) is 4.68. The molecule has 0 radical (unpaired) electrons. The first kappa shape index (κ1) is 15.2. The summed E-state index contributed by atoms with van der Waals surface area (Å²) >= 11 is 0. The molecule has 0 unspecified atom stereocenters. The van der Waals surface area contributed by atoms with Crippen LogP contribution in [-0.4, -0.2) is 42.1 Å². The van der Waals surface area contributed by atoms with Crippen molar-refractivity contribution in [2.24, 2.45) is 0 Å². The maximum absolute atomic E-state index is 13.6. The van der Waals surface area contributed by atoms with Crippen LogP contribution in [0, 0.1) is 12.7 Å². The Hall–Kier alpha value is -2.21. The number of aryl methyl sites for hydroxylation is 1. The summed E-state index contributed by atoms with van der Waals surface area (Å²) in [5.74, 6) is 0.778. The molecule has 2 rings (SSSR count). The highest BCUT2D eigenvalue weighted by Crippen LogP contribution is 2.18. The molecule has 2 aromatic rings. The molecule has 0 saturated heterocycles. The smallest absolute Gasteiger partial charge is 0.229 e. The Morgan fingerprint density at radius 2 is 1.95 bits per heavy atom. The van der Waals surface area contributed by atoms with Crippen LogP contribution in [0.5, 0.6) is 0 Å². The quantitative estimate of drug-likeness (QED) is 0.856. The van der Waals surface area contributed by atoms with Gasteiger partial charge in [0.1, 0.15) is 11.6 Å². The molecule has 21 heavy (non-hydrogen) atoms. The average Bonchev–Trinajstić information content (AvgIpc) is 2.40. The number of nitrogens with one attached hydrogen (secondary N) is 2. The van der Waals surface area contributed by atoms with Crippen molar-refractivity contribution < 1.29 is 4.39 Å². The largest absolute Gasteiger partial charge is 0.369 e. The molecule has 0 saturated carbocycles. The van der Waals surface area contributed by atoms with Crippen molar-refractivity contribution in [2.75, 3.05) is 37.8 Å². The Morgan fingerprint density at radius 3 is 2.67 bits per heavy atom. The third-order valence-electron chi connectivity index (χ3n) is 2.84. The number of likely N-dealkylation sites (N-methyl/N-ethyl adjacent to an activating group) is 1. The lowest BCUT2D eigenvalue weighted by atomic mass is 10.3. The molecular weight excluding hydrogens is 269 g/mol. The summed E-state index contributed by atoms with van der Waals surface area (Å²) in [6.07, 6.45) is 0. The molecule has 0 fully saturated rings. The van der Waals surface area contributed by atoms with Crippen molar-refractivity contribution in [1.82, 2.24) is 14.9 Å². The van der Waals surface area contributed by atoms with E-state index in [2.05, 4.69) is 25.5 Å². The number of para-hydroxylation sites is 1. The predicted molar refractivity (Wildman–Crippen MR) is 83.5 cm³/mol. The van der Waals surface area contributed by atoms with Crippen molar-refractivity contribution in [3.05, 3.63) is 41.8 Å². The van der Waals surface area contributed by atoms with Gasteiger partial charge in [-0.1, -0.05) is 12.1 Å². The molecule has 0 aliphatic carbocycles. The Balaban J connectivity index is 2.10. The number of aromatic nitrogens is 2. The number of nitrogens with zero attached hydrogens (tertiary/aromatic N) is 3. The van der Waals surface area contributed by atoms with Crippen molar-refractivity contribution in [1.29, 1.82) is 0 Å². The van der Waals surface area contributed by atoms with Crippen molar-refractivity contribution >= 4 is 17.5 Å². The van der Waals surface area contributed by atoms with E-state index in [-0.39, 0.29) is 5.82 Å². The second kappa shape index (κ2) is 6.99. The fourth-order valence-corrected chi connectivity index (χ4v) is 1.81. The van der Waals surface area contributed by atoms with Crippen LogP contribution in [0.4, 0.5) is 21.8 Å². The van der Waals surface area contributed by atoms with Gasteiger partial charge in [-0.25, -0.2) is 9.37 Å². The molecule has 5 nitrogen and oxygen atoms in total. The fraction of sp³-hybridized carbons (Fsp3) is 0.333. The normalized spacial score (nSPS) is 10.7. The molecular formula is C15H20FN5. The van der Waals surface area contributed by atoms with E-state index in [4.69, 9.17) is 0 Å². The Morgan fingerprint density at radius 1 is 1.19 bits per heavy atom. The molecule has 0 bridgehead atoms. The van der Waals surface area contributed by atoms with E-state index >= 15 is 0 Å². The summed E-state index contributed by atoms with van der Waals surface area (Å²) in [5.41, 5.74) is 1.18. The summed E-state index contributed by atoms with van der Waals surface area (Å²) in [4.78, 5) is 10.7. The van der Waals surface area contributed by atoms with Crippen LogP contribution in [-0.2, 0) is 0 Å². The monoisotopic (exact) mass is 289 g/mol. The highest BCUT2D eigenvalue weighted by molar-refractivity contribution is 5.55. The SMILES string of the molecule is Cc1cc(NCCN(C)C)nc(Nc2ccccc2F)n1. The molecule has 6 heteroatoms. The van der Waals surface area contributed by atoms with Gasteiger partial charge in [0.25, 0.3) is 0 Å². The van der Waals surface area contributed by atoms with E-state index in [0.29, 0.717) is 11.6 Å². The third-order valence-corrected chi connectivity index (χ3v) is 2.84. The molecule has 0 spiro atoms. The summed E-state index contributed by atoms with van der Waals surface area (Å²) < 4.78 is 13.6. The first-order valence-corrected chi connectivity index (χ1v) is 6.80. The number of halogens is 1. The summed E-state index contributed by atoms with van der Waals surface area (Å²) in [6.45, 7) is 3.56. The molecule has 2 N–H and O–H groups in total. The van der Waals surface area contributed by atoms with Crippen LogP contribution in [0.3, 0.4) is 0 Å². The topological polar surface area (TPSA) is 53.1 Å². The molecule has 112 valence electrons. The number of benzene rings is 1.